The predicted octanol–water partition coefficient (Wildman–Crippen LogP) is 4.07. The van der Waals surface area contributed by atoms with Crippen molar-refractivity contribution in [2.45, 2.75) is 26.1 Å². The lowest BCUT2D eigenvalue weighted by Crippen LogP contribution is -2.47. The number of nitrogens with zero attached hydrogens (tertiary/aromatic N) is 2. The van der Waals surface area contributed by atoms with Crippen molar-refractivity contribution in [2.24, 2.45) is 4.99 Å². The zero-order valence-electron chi connectivity index (χ0n) is 12.8. The van der Waals surface area contributed by atoms with Gasteiger partial charge in [-0.25, -0.2) is 0 Å². The minimum absolute atomic E-state index is 0.121. The first-order valence-electron chi connectivity index (χ1n) is 7.30. The minimum atomic E-state index is -0.234. The lowest BCUT2D eigenvalue weighted by molar-refractivity contribution is -0.113. The molecule has 0 aliphatic carbocycles. The molecular formula is C16H16Cl2N2O2S. The largest absolute Gasteiger partial charge is 0.372 e. The summed E-state index contributed by atoms with van der Waals surface area (Å²) in [5.74, 6) is -0.234. The monoisotopic (exact) mass is 370 g/mol. The summed E-state index contributed by atoms with van der Waals surface area (Å²) in [4.78, 5) is 19.0. The summed E-state index contributed by atoms with van der Waals surface area (Å²) in [6, 6.07) is 5.20. The second-order valence-corrected chi connectivity index (χ2v) is 7.49. The van der Waals surface area contributed by atoms with Gasteiger partial charge in [0.15, 0.2) is 5.17 Å². The third-order valence-electron chi connectivity index (χ3n) is 3.55. The van der Waals surface area contributed by atoms with Crippen LogP contribution in [0.15, 0.2) is 28.1 Å². The van der Waals surface area contributed by atoms with Gasteiger partial charge in [0.25, 0.3) is 5.91 Å². The molecule has 0 bridgehead atoms. The van der Waals surface area contributed by atoms with Crippen molar-refractivity contribution >= 4 is 52.1 Å². The highest BCUT2D eigenvalue weighted by molar-refractivity contribution is 8.18. The molecule has 0 radical (unpaired) electrons. The van der Waals surface area contributed by atoms with E-state index in [1.54, 1.807) is 24.3 Å². The molecule has 2 aliphatic rings. The summed E-state index contributed by atoms with van der Waals surface area (Å²) in [6.07, 6.45) is 2.00. The fourth-order valence-electron chi connectivity index (χ4n) is 2.63. The van der Waals surface area contributed by atoms with Crippen LogP contribution in [0.4, 0.5) is 0 Å². The van der Waals surface area contributed by atoms with E-state index in [4.69, 9.17) is 27.9 Å². The highest BCUT2D eigenvalue weighted by atomic mass is 35.5. The van der Waals surface area contributed by atoms with Crippen molar-refractivity contribution in [3.05, 3.63) is 38.7 Å². The van der Waals surface area contributed by atoms with E-state index in [-0.39, 0.29) is 18.1 Å². The van der Waals surface area contributed by atoms with Crippen LogP contribution in [0.5, 0.6) is 0 Å². The number of hydrogen-bond donors (Lipinski definition) is 0. The van der Waals surface area contributed by atoms with E-state index in [9.17, 15) is 4.79 Å². The average Bonchev–Trinajstić information content (AvgIpc) is 2.82. The van der Waals surface area contributed by atoms with Crippen LogP contribution >= 0.6 is 35.0 Å². The van der Waals surface area contributed by atoms with Gasteiger partial charge in [0.1, 0.15) is 0 Å². The first-order valence-corrected chi connectivity index (χ1v) is 8.87. The van der Waals surface area contributed by atoms with Crippen LogP contribution in [0.1, 0.15) is 19.4 Å². The van der Waals surface area contributed by atoms with Crippen LogP contribution in [0.2, 0.25) is 10.0 Å². The van der Waals surface area contributed by atoms with Crippen molar-refractivity contribution in [1.82, 2.24) is 4.90 Å². The predicted molar refractivity (Wildman–Crippen MR) is 96.1 cm³/mol. The van der Waals surface area contributed by atoms with E-state index in [0.29, 0.717) is 15.0 Å². The molecule has 0 saturated carbocycles. The van der Waals surface area contributed by atoms with E-state index in [1.807, 2.05) is 13.8 Å². The van der Waals surface area contributed by atoms with Gasteiger partial charge in [0.2, 0.25) is 0 Å². The molecule has 1 amide bonds. The smallest absolute Gasteiger partial charge is 0.286 e. The van der Waals surface area contributed by atoms with Gasteiger partial charge in [-0.1, -0.05) is 29.3 Å². The number of thioether (sulfide) groups is 1. The number of carbonyl (C=O) groups is 1. The lowest BCUT2D eigenvalue weighted by atomic mass is 10.2. The molecule has 122 valence electrons. The summed E-state index contributed by atoms with van der Waals surface area (Å²) < 4.78 is 5.72. The highest BCUT2D eigenvalue weighted by Crippen LogP contribution is 2.33. The Morgan fingerprint density at radius 3 is 2.65 bits per heavy atom. The lowest BCUT2D eigenvalue weighted by Gasteiger charge is -2.35. The van der Waals surface area contributed by atoms with Crippen molar-refractivity contribution in [3.8, 4) is 0 Å². The van der Waals surface area contributed by atoms with Crippen LogP contribution in [0.25, 0.3) is 6.08 Å². The van der Waals surface area contributed by atoms with Crippen molar-refractivity contribution in [3.63, 3.8) is 0 Å². The number of halogens is 2. The maximum Gasteiger partial charge on any atom is 0.286 e. The Labute approximate surface area is 149 Å². The molecule has 4 nitrogen and oxygen atoms in total. The van der Waals surface area contributed by atoms with Crippen LogP contribution in [0, 0.1) is 0 Å². The van der Waals surface area contributed by atoms with Gasteiger partial charge in [-0.2, -0.15) is 4.99 Å². The molecule has 2 heterocycles. The number of morpholine rings is 1. The average molecular weight is 371 g/mol. The summed E-state index contributed by atoms with van der Waals surface area (Å²) in [5, 5.41) is 1.81. The number of rotatable bonds is 1. The maximum atomic E-state index is 12.2. The van der Waals surface area contributed by atoms with Crippen LogP contribution in [0.3, 0.4) is 0 Å². The van der Waals surface area contributed by atoms with Crippen molar-refractivity contribution < 1.29 is 9.53 Å². The van der Waals surface area contributed by atoms with Crippen molar-refractivity contribution in [2.75, 3.05) is 13.1 Å². The van der Waals surface area contributed by atoms with E-state index in [0.717, 1.165) is 23.8 Å². The number of carbonyl (C=O) groups excluding carboxylic acids is 1. The summed E-state index contributed by atoms with van der Waals surface area (Å²) in [6.45, 7) is 5.51. The van der Waals surface area contributed by atoms with E-state index in [1.165, 1.54) is 11.8 Å². The first kappa shape index (κ1) is 16.8. The Balaban J connectivity index is 1.78. The molecule has 2 aliphatic heterocycles. The highest BCUT2D eigenvalue weighted by Gasteiger charge is 2.31. The fraction of sp³-hybridized carbons (Fsp3) is 0.375. The standard InChI is InChI=1S/C16H16Cl2N2O2S/c1-9-7-20(8-10(2)22-9)16-19-15(21)14(23-16)5-11-3-4-12(17)6-13(11)18/h3-6,9-10H,7-8H2,1-2H3/b14-5-/t9-,10-/m1/s1. The second-order valence-electron chi connectivity index (χ2n) is 5.64. The number of amidine groups is 1. The Morgan fingerprint density at radius 2 is 2.00 bits per heavy atom. The summed E-state index contributed by atoms with van der Waals surface area (Å²) in [5.41, 5.74) is 0.757. The van der Waals surface area contributed by atoms with E-state index < -0.39 is 0 Å². The number of hydrogen-bond acceptors (Lipinski definition) is 4. The molecule has 7 heteroatoms. The zero-order chi connectivity index (χ0) is 16.6. The molecule has 2 atom stereocenters. The number of ether oxygens (including phenoxy) is 1. The molecule has 3 rings (SSSR count). The molecule has 1 fully saturated rings. The molecule has 0 aromatic heterocycles. The topological polar surface area (TPSA) is 41.9 Å². The fourth-order valence-corrected chi connectivity index (χ4v) is 4.01. The van der Waals surface area contributed by atoms with Gasteiger partial charge in [-0.05, 0) is 49.4 Å². The van der Waals surface area contributed by atoms with Crippen LogP contribution < -0.4 is 0 Å². The Kier molecular flexibility index (Phi) is 5.01. The van der Waals surface area contributed by atoms with E-state index in [2.05, 4.69) is 9.89 Å². The normalized spacial score (nSPS) is 26.8. The van der Waals surface area contributed by atoms with E-state index >= 15 is 0 Å². The Hall–Kier alpha value is -1.01. The molecule has 1 saturated heterocycles. The quantitative estimate of drug-likeness (QED) is 0.698. The SMILES string of the molecule is C[C@@H]1CN(C2=NC(=O)/C(=C/c3ccc(Cl)cc3Cl)S2)C[C@@H](C)O1. The Morgan fingerprint density at radius 1 is 1.30 bits per heavy atom. The molecule has 0 N–H and O–H groups in total. The molecule has 1 aromatic carbocycles. The Bertz CT molecular complexity index is 695. The zero-order valence-corrected chi connectivity index (χ0v) is 15.1. The molecule has 0 unspecified atom stereocenters. The second kappa shape index (κ2) is 6.85. The third kappa shape index (κ3) is 3.91. The minimum Gasteiger partial charge on any atom is -0.372 e. The molecule has 1 aromatic rings. The van der Waals surface area contributed by atoms with Gasteiger partial charge in [-0.15, -0.1) is 0 Å². The van der Waals surface area contributed by atoms with Gasteiger partial charge in [0.05, 0.1) is 17.1 Å². The van der Waals surface area contributed by atoms with Crippen LogP contribution in [-0.4, -0.2) is 41.3 Å². The summed E-state index contributed by atoms with van der Waals surface area (Å²) in [7, 11) is 0. The van der Waals surface area contributed by atoms with Gasteiger partial charge in [0, 0.05) is 23.1 Å². The number of benzene rings is 1. The number of aliphatic imine (C=N–C) groups is 1. The van der Waals surface area contributed by atoms with Gasteiger partial charge >= 0.3 is 0 Å². The molecule has 23 heavy (non-hydrogen) atoms. The third-order valence-corrected chi connectivity index (χ3v) is 5.16. The van der Waals surface area contributed by atoms with Crippen LogP contribution in [-0.2, 0) is 9.53 Å². The summed E-state index contributed by atoms with van der Waals surface area (Å²) >= 11 is 13.4. The van der Waals surface area contributed by atoms with Gasteiger partial charge in [-0.3, -0.25) is 4.79 Å². The molecule has 0 spiro atoms. The maximum absolute atomic E-state index is 12.2. The van der Waals surface area contributed by atoms with Crippen molar-refractivity contribution in [1.29, 1.82) is 0 Å². The number of amides is 1. The van der Waals surface area contributed by atoms with Gasteiger partial charge < -0.3 is 9.64 Å². The molecular weight excluding hydrogens is 355 g/mol. The first-order chi connectivity index (χ1) is 10.9.